The molecule has 0 bridgehead atoms. The zero-order chi connectivity index (χ0) is 43.1. The van der Waals surface area contributed by atoms with E-state index in [0.29, 0.717) is 50.2 Å². The Morgan fingerprint density at radius 2 is 0.912 bits per heavy atom. The van der Waals surface area contributed by atoms with Crippen molar-refractivity contribution in [1.82, 2.24) is 41.2 Å². The van der Waals surface area contributed by atoms with Crippen LogP contribution in [0.5, 0.6) is 0 Å². The molecule has 0 aliphatic carbocycles. The number of carboxylic acids is 4. The van der Waals surface area contributed by atoms with Crippen molar-refractivity contribution in [3.8, 4) is 0 Å². The molecule has 14 N–H and O–H groups in total. The number of nitrogens with two attached hydrogens (primary N) is 4. The predicted octanol–water partition coefficient (Wildman–Crippen LogP) is -8.75. The Hall–Kier alpha value is -5.46. The van der Waals surface area contributed by atoms with Crippen LogP contribution in [-0.4, -0.2) is 118 Å². The molecule has 0 saturated heterocycles. The van der Waals surface area contributed by atoms with E-state index in [2.05, 4.69) is 41.2 Å². The topological polar surface area (TPSA) is 438 Å². The number of rotatable bonds is 22. The van der Waals surface area contributed by atoms with Gasteiger partial charge in [-0.25, -0.2) is 9.97 Å². The minimum atomic E-state index is -1.38. The summed E-state index contributed by atoms with van der Waals surface area (Å²) in [4.78, 5) is 101. The molecule has 2 aromatic rings. The first-order valence-electron chi connectivity index (χ1n) is 17.1. The van der Waals surface area contributed by atoms with Crippen LogP contribution in [-0.2, 0) is 68.3 Å². The van der Waals surface area contributed by atoms with Gasteiger partial charge in [0.1, 0.15) is 12.1 Å². The van der Waals surface area contributed by atoms with Gasteiger partial charge < -0.3 is 93.8 Å². The third-order valence-electron chi connectivity index (χ3n) is 6.73. The van der Waals surface area contributed by atoms with Gasteiger partial charge in [-0.05, 0) is 65.5 Å². The van der Waals surface area contributed by atoms with Gasteiger partial charge in [0, 0.05) is 48.6 Å². The van der Waals surface area contributed by atoms with Crippen molar-refractivity contribution in [2.75, 3.05) is 26.2 Å². The van der Waals surface area contributed by atoms with Crippen molar-refractivity contribution < 1.29 is 78.7 Å². The minimum absolute atomic E-state index is 0. The molecule has 4 atom stereocenters. The molecule has 0 aliphatic heterocycles. The summed E-state index contributed by atoms with van der Waals surface area (Å²) >= 11 is 0. The Balaban J connectivity index is -0.000000266. The number of amides is 4. The SMILES string of the molecule is CC(=O)[O-].CC(=O)[O-].NCCCC[C@H](NC(=O)[C@H](Cc1cnc[nH]1)NC(=O)CN)C(=O)[O-].NCCCC[C@H](NC(=O)[C@H](Cc1cnc[nH]1)NC(=O)CN)C(=O)[O-].[Cu+2].[H+].[H+]. The van der Waals surface area contributed by atoms with E-state index in [1.807, 2.05) is 0 Å². The van der Waals surface area contributed by atoms with Crippen molar-refractivity contribution >= 4 is 47.5 Å². The molecular formula is C32H54CuN12O12. The maximum atomic E-state index is 12.4. The first-order valence-corrected chi connectivity index (χ1v) is 17.1. The second-order valence-corrected chi connectivity index (χ2v) is 11.5. The van der Waals surface area contributed by atoms with Crippen LogP contribution in [0.1, 0.15) is 66.6 Å². The van der Waals surface area contributed by atoms with Crippen molar-refractivity contribution in [2.24, 2.45) is 22.9 Å². The molecular weight excluding hydrogens is 808 g/mol. The van der Waals surface area contributed by atoms with Gasteiger partial charge in [-0.3, -0.25) is 19.2 Å². The Kier molecular flexibility index (Phi) is 33.2. The first-order chi connectivity index (χ1) is 26.4. The van der Waals surface area contributed by atoms with Crippen LogP contribution >= 0.6 is 0 Å². The standard InChI is InChI=1S/2C14H24N6O4.2C2H4O2.Cu/c2*15-4-2-1-3-10(14(23)24)20-13(22)11(19-12(21)6-16)5-9-7-17-8-18-9;2*1-2(3)4;/h2*7-8,10-11H,1-6,15-16H2,(H,17,18)(H,19,21)(H,20,22)(H,23,24);2*1H3,(H,3,4);/q;;;;+2/p-2/t2*10-,11-;;;/m00.../s1. The van der Waals surface area contributed by atoms with E-state index in [0.717, 1.165) is 13.8 Å². The number of unbranched alkanes of at least 4 members (excludes halogenated alkanes) is 2. The predicted molar refractivity (Wildman–Crippen MR) is 190 cm³/mol. The van der Waals surface area contributed by atoms with E-state index in [9.17, 15) is 39.0 Å². The quantitative estimate of drug-likeness (QED) is 0.0388. The van der Waals surface area contributed by atoms with E-state index >= 15 is 0 Å². The maximum absolute atomic E-state index is 12.4. The summed E-state index contributed by atoms with van der Waals surface area (Å²) in [6.07, 6.45) is 8.89. The molecule has 25 heteroatoms. The molecule has 325 valence electrons. The van der Waals surface area contributed by atoms with E-state index < -0.39 is 71.7 Å². The summed E-state index contributed by atoms with van der Waals surface area (Å²) < 4.78 is 0. The average Bonchev–Trinajstić information content (AvgIpc) is 3.84. The fourth-order valence-corrected chi connectivity index (χ4v) is 4.19. The molecule has 2 aromatic heterocycles. The van der Waals surface area contributed by atoms with Gasteiger partial charge in [0.05, 0.1) is 49.8 Å². The summed E-state index contributed by atoms with van der Waals surface area (Å²) in [5.74, 6) is -7.25. The van der Waals surface area contributed by atoms with Crippen LogP contribution in [0.4, 0.5) is 0 Å². The number of imidazole rings is 2. The Labute approximate surface area is 341 Å². The molecule has 0 saturated carbocycles. The third-order valence-corrected chi connectivity index (χ3v) is 6.73. The van der Waals surface area contributed by atoms with Crippen LogP contribution < -0.4 is 64.6 Å². The second-order valence-electron chi connectivity index (χ2n) is 11.5. The van der Waals surface area contributed by atoms with E-state index in [4.69, 9.17) is 42.7 Å². The van der Waals surface area contributed by atoms with Gasteiger partial charge >= 0.3 is 19.9 Å². The molecule has 24 nitrogen and oxygen atoms in total. The number of aromatic nitrogens is 4. The Bertz CT molecular complexity index is 1360. The van der Waals surface area contributed by atoms with Crippen LogP contribution in [0.2, 0.25) is 0 Å². The largest absolute Gasteiger partial charge is 2.00 e. The molecule has 0 spiro atoms. The van der Waals surface area contributed by atoms with Gasteiger partial charge in [0.15, 0.2) is 0 Å². The number of carbonyl (C=O) groups is 8. The van der Waals surface area contributed by atoms with Crippen LogP contribution in [0.25, 0.3) is 0 Å². The smallest absolute Gasteiger partial charge is 0.550 e. The Morgan fingerprint density at radius 3 is 1.14 bits per heavy atom. The van der Waals surface area contributed by atoms with Crippen molar-refractivity contribution in [1.29, 1.82) is 0 Å². The molecule has 57 heavy (non-hydrogen) atoms. The molecule has 4 amide bonds. The number of nitrogens with zero attached hydrogens (tertiary/aromatic N) is 2. The average molecular weight is 862 g/mol. The number of carbonyl (C=O) groups excluding carboxylic acids is 8. The van der Waals surface area contributed by atoms with E-state index in [-0.39, 0.29) is 58.7 Å². The molecule has 0 aliphatic rings. The number of carboxylic acid groups (broad SMARTS) is 4. The normalized spacial score (nSPS) is 11.9. The summed E-state index contributed by atoms with van der Waals surface area (Å²) in [7, 11) is 0. The van der Waals surface area contributed by atoms with Crippen molar-refractivity contribution in [2.45, 2.75) is 89.4 Å². The molecule has 0 unspecified atom stereocenters. The number of hydrogen-bond acceptors (Lipinski definition) is 18. The van der Waals surface area contributed by atoms with Crippen LogP contribution in [0.3, 0.4) is 0 Å². The van der Waals surface area contributed by atoms with Crippen LogP contribution in [0.15, 0.2) is 25.0 Å². The van der Waals surface area contributed by atoms with E-state index in [1.165, 1.54) is 25.0 Å². The number of H-pyrrole nitrogens is 2. The molecule has 0 aromatic carbocycles. The fraction of sp³-hybridized carbons (Fsp3) is 0.562. The second kappa shape index (κ2) is 33.8. The summed E-state index contributed by atoms with van der Waals surface area (Å²) in [6.45, 7) is 2.24. The van der Waals surface area contributed by atoms with Gasteiger partial charge in [-0.2, -0.15) is 0 Å². The number of aromatic amines is 2. The molecule has 0 fully saturated rings. The summed E-state index contributed by atoms with van der Waals surface area (Å²) in [6, 6.07) is -4.25. The third kappa shape index (κ3) is 30.4. The number of aliphatic carboxylic acids is 4. The molecule has 1 radical (unpaired) electrons. The van der Waals surface area contributed by atoms with Crippen molar-refractivity contribution in [3.63, 3.8) is 0 Å². The fourth-order valence-electron chi connectivity index (χ4n) is 4.19. The molecule has 2 rings (SSSR count). The van der Waals surface area contributed by atoms with Gasteiger partial charge in [0.25, 0.3) is 0 Å². The number of hydrogen-bond donors (Lipinski definition) is 10. The van der Waals surface area contributed by atoms with Gasteiger partial charge in [0.2, 0.25) is 23.6 Å². The maximum Gasteiger partial charge on any atom is 2.00 e. The van der Waals surface area contributed by atoms with Gasteiger partial charge in [-0.15, -0.1) is 0 Å². The number of nitrogens with one attached hydrogen (secondary N) is 6. The van der Waals surface area contributed by atoms with Gasteiger partial charge in [-0.1, -0.05) is 0 Å². The zero-order valence-corrected chi connectivity index (χ0v) is 32.5. The van der Waals surface area contributed by atoms with Crippen molar-refractivity contribution in [3.05, 3.63) is 36.4 Å². The monoisotopic (exact) mass is 861 g/mol. The van der Waals surface area contributed by atoms with Crippen LogP contribution in [0, 0.1) is 0 Å². The Morgan fingerprint density at radius 1 is 0.596 bits per heavy atom. The first kappa shape index (κ1) is 55.9. The van der Waals surface area contributed by atoms with E-state index in [1.54, 1.807) is 0 Å². The summed E-state index contributed by atoms with van der Waals surface area (Å²) in [5, 5.41) is 49.8. The summed E-state index contributed by atoms with van der Waals surface area (Å²) in [5.41, 5.74) is 22.4. The zero-order valence-electron chi connectivity index (χ0n) is 33.5. The minimum Gasteiger partial charge on any atom is -0.550 e. The molecule has 2 heterocycles.